The van der Waals surface area contributed by atoms with Gasteiger partial charge in [0.1, 0.15) is 0 Å². The average Bonchev–Trinajstić information content (AvgIpc) is 2.80. The Morgan fingerprint density at radius 1 is 0.969 bits per heavy atom. The van der Waals surface area contributed by atoms with E-state index >= 15 is 0 Å². The summed E-state index contributed by atoms with van der Waals surface area (Å²) >= 11 is 4.42. The van der Waals surface area contributed by atoms with E-state index < -0.39 is 0 Å². The molecule has 0 spiro atoms. The Hall–Kier alpha value is -2.95. The number of anilines is 2. The second-order valence-electron chi connectivity index (χ2n) is 7.18. The highest BCUT2D eigenvalue weighted by atomic mass is 79.9. The summed E-state index contributed by atoms with van der Waals surface area (Å²) in [4.78, 5) is 27.0. The number of ketones is 1. The summed E-state index contributed by atoms with van der Waals surface area (Å²) in [6.07, 6.45) is 0. The lowest BCUT2D eigenvalue weighted by molar-refractivity contribution is -0.432. The topological polar surface area (TPSA) is 89.8 Å². The molecule has 5 rings (SSSR count). The van der Waals surface area contributed by atoms with Gasteiger partial charge < -0.3 is 9.88 Å². The van der Waals surface area contributed by atoms with Crippen molar-refractivity contribution in [1.29, 1.82) is 0 Å². The minimum absolute atomic E-state index is 0.133. The summed E-state index contributed by atoms with van der Waals surface area (Å²) < 4.78 is 6.80. The first kappa shape index (κ1) is 20.9. The molecule has 1 aromatic heterocycles. The number of hydrogen-bond acceptors (Lipinski definition) is 7. The number of aryl methyl sites for hydroxylation is 1. The summed E-state index contributed by atoms with van der Waals surface area (Å²) in [6, 6.07) is 17.9. The van der Waals surface area contributed by atoms with Crippen LogP contribution >= 0.6 is 28.0 Å². The number of nitrogens with zero attached hydrogens (tertiary/aromatic N) is 1. The SMILES string of the molecule is Cn1c(=O)cc2c3c(c(Nc4ccccc4SOOO)cc(Br)c31)C(=O)c1ccccc1-2. The number of nitrogens with one attached hydrogen (secondary N) is 1. The summed E-state index contributed by atoms with van der Waals surface area (Å²) in [5.74, 6) is -0.133. The van der Waals surface area contributed by atoms with Crippen LogP contribution < -0.4 is 10.9 Å². The molecule has 0 atom stereocenters. The normalized spacial score (nSPS) is 12.2. The molecule has 1 heterocycles. The largest absolute Gasteiger partial charge is 0.354 e. The van der Waals surface area contributed by atoms with E-state index in [-0.39, 0.29) is 11.3 Å². The fourth-order valence-corrected chi connectivity index (χ4v) is 5.21. The minimum Gasteiger partial charge on any atom is -0.354 e. The number of pyridine rings is 1. The van der Waals surface area contributed by atoms with Crippen LogP contribution in [0.15, 0.2) is 74.8 Å². The van der Waals surface area contributed by atoms with Crippen molar-refractivity contribution < 1.29 is 19.4 Å². The van der Waals surface area contributed by atoms with E-state index in [0.29, 0.717) is 42.8 Å². The molecule has 9 heteroatoms. The van der Waals surface area contributed by atoms with E-state index in [1.807, 2.05) is 36.4 Å². The molecule has 3 aromatic carbocycles. The zero-order valence-corrected chi connectivity index (χ0v) is 19.0. The van der Waals surface area contributed by atoms with Gasteiger partial charge in [-0.05, 0) is 45.3 Å². The first-order valence-corrected chi connectivity index (χ1v) is 11.1. The molecular weight excluding hydrogens is 496 g/mol. The third-order valence-electron chi connectivity index (χ3n) is 5.46. The zero-order chi connectivity index (χ0) is 22.4. The van der Waals surface area contributed by atoms with Crippen LogP contribution in [0.3, 0.4) is 0 Å². The van der Waals surface area contributed by atoms with Gasteiger partial charge in [-0.15, -0.1) is 4.33 Å². The predicted octanol–water partition coefficient (Wildman–Crippen LogP) is 5.68. The Morgan fingerprint density at radius 3 is 2.47 bits per heavy atom. The molecule has 0 aliphatic heterocycles. The molecule has 7 nitrogen and oxygen atoms in total. The number of aromatic nitrogens is 1. The van der Waals surface area contributed by atoms with Gasteiger partial charge in [-0.1, -0.05) is 41.4 Å². The van der Waals surface area contributed by atoms with Crippen LogP contribution in [0, 0.1) is 0 Å². The molecule has 0 radical (unpaired) electrons. The second kappa shape index (κ2) is 8.19. The highest BCUT2D eigenvalue weighted by Gasteiger charge is 2.30. The maximum Gasteiger partial charge on any atom is 0.251 e. The second-order valence-corrected chi connectivity index (χ2v) is 8.78. The zero-order valence-electron chi connectivity index (χ0n) is 16.6. The molecule has 1 aliphatic rings. The monoisotopic (exact) mass is 510 g/mol. The average molecular weight is 511 g/mol. The van der Waals surface area contributed by atoms with Crippen LogP contribution in [-0.2, 0) is 16.4 Å². The molecule has 0 bridgehead atoms. The minimum atomic E-state index is -0.160. The van der Waals surface area contributed by atoms with Crippen molar-refractivity contribution in [2.45, 2.75) is 4.90 Å². The van der Waals surface area contributed by atoms with Gasteiger partial charge in [0, 0.05) is 28.5 Å². The van der Waals surface area contributed by atoms with E-state index in [4.69, 9.17) is 5.26 Å². The Kier molecular flexibility index (Phi) is 5.36. The van der Waals surface area contributed by atoms with Crippen LogP contribution in [0.25, 0.3) is 22.0 Å². The number of carbonyl (C=O) groups is 1. The van der Waals surface area contributed by atoms with Crippen molar-refractivity contribution in [3.63, 3.8) is 0 Å². The van der Waals surface area contributed by atoms with E-state index in [1.54, 1.807) is 31.3 Å². The molecular formula is C23H15BrN2O5S. The lowest BCUT2D eigenvalue weighted by Gasteiger charge is -2.24. The van der Waals surface area contributed by atoms with Gasteiger partial charge in [0.15, 0.2) is 5.78 Å². The van der Waals surface area contributed by atoms with Gasteiger partial charge in [0.05, 0.1) is 39.4 Å². The molecule has 0 unspecified atom stereocenters. The molecule has 0 saturated heterocycles. The van der Waals surface area contributed by atoms with E-state index in [0.717, 1.165) is 23.2 Å². The van der Waals surface area contributed by atoms with Gasteiger partial charge in [-0.2, -0.15) is 0 Å². The van der Waals surface area contributed by atoms with Gasteiger partial charge >= 0.3 is 0 Å². The number of benzene rings is 3. The summed E-state index contributed by atoms with van der Waals surface area (Å²) in [5, 5.41) is 16.3. The fourth-order valence-electron chi connectivity index (χ4n) is 4.07. The third-order valence-corrected chi connectivity index (χ3v) is 6.73. The molecule has 0 amide bonds. The summed E-state index contributed by atoms with van der Waals surface area (Å²) in [5.41, 5.74) is 4.18. The molecule has 0 fully saturated rings. The first-order chi connectivity index (χ1) is 15.5. The third kappa shape index (κ3) is 3.26. The van der Waals surface area contributed by atoms with Crippen LogP contribution in [-0.4, -0.2) is 15.6 Å². The van der Waals surface area contributed by atoms with Crippen molar-refractivity contribution in [1.82, 2.24) is 4.57 Å². The van der Waals surface area contributed by atoms with Gasteiger partial charge in [-0.3, -0.25) is 9.59 Å². The maximum atomic E-state index is 13.6. The van der Waals surface area contributed by atoms with E-state index in [2.05, 4.69) is 30.6 Å². The Labute approximate surface area is 194 Å². The highest BCUT2D eigenvalue weighted by molar-refractivity contribution is 9.10. The summed E-state index contributed by atoms with van der Waals surface area (Å²) in [7, 11) is 1.69. The van der Waals surface area contributed by atoms with Crippen molar-refractivity contribution in [3.05, 3.63) is 86.6 Å². The Bertz CT molecular complexity index is 1470. The molecule has 160 valence electrons. The van der Waals surface area contributed by atoms with Crippen molar-refractivity contribution in [3.8, 4) is 11.1 Å². The van der Waals surface area contributed by atoms with Crippen molar-refractivity contribution in [2.75, 3.05) is 5.32 Å². The van der Waals surface area contributed by atoms with Crippen molar-refractivity contribution >= 4 is 56.0 Å². The van der Waals surface area contributed by atoms with E-state index in [9.17, 15) is 9.59 Å². The lowest BCUT2D eigenvalue weighted by Crippen LogP contribution is -2.21. The van der Waals surface area contributed by atoms with Crippen LogP contribution in [0.2, 0.25) is 0 Å². The molecule has 1 aliphatic carbocycles. The maximum absolute atomic E-state index is 13.6. The molecule has 0 saturated carbocycles. The quantitative estimate of drug-likeness (QED) is 0.178. The molecule has 4 aromatic rings. The number of rotatable bonds is 5. The summed E-state index contributed by atoms with van der Waals surface area (Å²) in [6.45, 7) is 0. The van der Waals surface area contributed by atoms with E-state index in [1.165, 1.54) is 4.57 Å². The number of hydrogen-bond donors (Lipinski definition) is 2. The van der Waals surface area contributed by atoms with Crippen LogP contribution in [0.5, 0.6) is 0 Å². The standard InChI is InChI=1S/C23H15BrN2O5S/c1-26-19(27)10-14-12-6-2-3-7-13(12)23(28)21-17(11-15(24)22(26)20(14)21)25-16-8-4-5-9-18(16)32-31-30-29/h2-11,25,29H,1H3. The highest BCUT2D eigenvalue weighted by Crippen LogP contribution is 2.45. The Balaban J connectivity index is 1.80. The molecule has 2 N–H and O–H groups in total. The smallest absolute Gasteiger partial charge is 0.251 e. The Morgan fingerprint density at radius 2 is 1.69 bits per heavy atom. The van der Waals surface area contributed by atoms with Crippen molar-refractivity contribution in [2.24, 2.45) is 7.05 Å². The van der Waals surface area contributed by atoms with Gasteiger partial charge in [0.25, 0.3) is 5.56 Å². The predicted molar refractivity (Wildman–Crippen MR) is 126 cm³/mol. The first-order valence-electron chi connectivity index (χ1n) is 9.52. The fraction of sp³-hybridized carbons (Fsp3) is 0.0435. The van der Waals surface area contributed by atoms with Crippen LogP contribution in [0.1, 0.15) is 15.9 Å². The number of para-hydroxylation sites is 1. The number of fused-ring (bicyclic) bond motifs is 2. The van der Waals surface area contributed by atoms with Gasteiger partial charge in [-0.25, -0.2) is 5.26 Å². The van der Waals surface area contributed by atoms with Crippen LogP contribution in [0.4, 0.5) is 11.4 Å². The number of carbonyl (C=O) groups excluding carboxylic acids is 1. The van der Waals surface area contributed by atoms with Gasteiger partial charge in [0.2, 0.25) is 0 Å². The lowest BCUT2D eigenvalue weighted by atomic mass is 9.83. The molecule has 32 heavy (non-hydrogen) atoms. The number of halogens is 1.